The number of benzene rings is 2. The van der Waals surface area contributed by atoms with Crippen LogP contribution in [0.15, 0.2) is 36.4 Å². The second-order valence-corrected chi connectivity index (χ2v) is 12.7. The van der Waals surface area contributed by atoms with E-state index in [2.05, 4.69) is 63.9 Å². The van der Waals surface area contributed by atoms with Crippen molar-refractivity contribution in [1.82, 2.24) is 19.8 Å². The van der Waals surface area contributed by atoms with Gasteiger partial charge in [0.25, 0.3) is 11.8 Å². The number of hydrogen-bond donors (Lipinski definition) is 0. The van der Waals surface area contributed by atoms with Gasteiger partial charge in [0.1, 0.15) is 18.5 Å². The fourth-order valence-corrected chi connectivity index (χ4v) is 6.94. The van der Waals surface area contributed by atoms with E-state index < -0.39 is 11.8 Å². The van der Waals surface area contributed by atoms with E-state index in [1.807, 2.05) is 18.9 Å². The molecule has 0 unspecified atom stereocenters. The van der Waals surface area contributed by atoms with Crippen molar-refractivity contribution in [3.63, 3.8) is 0 Å². The third kappa shape index (κ3) is 6.17. The SMILES string of the molecule is [C-]#[N+]C[C@H]1CN(c2nc(OC[C@H](C)N(C)C3CC(F)(F)C3)nc3c2CCN(c2cccc4cccc(C)c24)C3)CCN1C(=O)C#C. The first kappa shape index (κ1) is 31.5. The van der Waals surface area contributed by atoms with Gasteiger partial charge in [0, 0.05) is 67.7 Å². The molecule has 1 aromatic heterocycles. The Kier molecular flexibility index (Phi) is 8.71. The number of piperazine rings is 1. The van der Waals surface area contributed by atoms with Gasteiger partial charge in [-0.15, -0.1) is 6.42 Å². The van der Waals surface area contributed by atoms with Gasteiger partial charge in [0.05, 0.1) is 12.2 Å². The number of rotatable bonds is 8. The summed E-state index contributed by atoms with van der Waals surface area (Å²) in [4.78, 5) is 33.9. The van der Waals surface area contributed by atoms with Crippen LogP contribution in [0.5, 0.6) is 6.01 Å². The number of likely N-dealkylation sites (N-methyl/N-ethyl adjacent to an activating group) is 1. The van der Waals surface area contributed by atoms with Crippen molar-refractivity contribution in [3.05, 3.63) is 64.6 Å². The Morgan fingerprint density at radius 2 is 1.96 bits per heavy atom. The number of anilines is 2. The molecule has 1 saturated heterocycles. The number of aryl methyl sites for hydroxylation is 1. The first-order chi connectivity index (χ1) is 22.1. The molecule has 2 atom stereocenters. The Balaban J connectivity index is 1.30. The highest BCUT2D eigenvalue weighted by atomic mass is 19.3. The maximum Gasteiger partial charge on any atom is 0.318 e. The molecule has 11 heteroatoms. The summed E-state index contributed by atoms with van der Waals surface area (Å²) >= 11 is 0. The lowest BCUT2D eigenvalue weighted by Gasteiger charge is -2.43. The largest absolute Gasteiger partial charge is 0.462 e. The van der Waals surface area contributed by atoms with E-state index in [0.29, 0.717) is 32.6 Å². The first-order valence-electron chi connectivity index (χ1n) is 15.8. The van der Waals surface area contributed by atoms with Crippen LogP contribution in [-0.4, -0.2) is 96.1 Å². The molecule has 2 fully saturated rings. The number of amides is 1. The van der Waals surface area contributed by atoms with Crippen molar-refractivity contribution in [1.29, 1.82) is 0 Å². The van der Waals surface area contributed by atoms with Crippen molar-refractivity contribution in [2.45, 2.75) is 63.7 Å². The topological polar surface area (TPSA) is 69.4 Å². The normalized spacial score (nSPS) is 20.1. The van der Waals surface area contributed by atoms with Crippen molar-refractivity contribution in [2.24, 2.45) is 0 Å². The van der Waals surface area contributed by atoms with Crippen LogP contribution < -0.4 is 14.5 Å². The minimum Gasteiger partial charge on any atom is -0.462 e. The lowest BCUT2D eigenvalue weighted by atomic mass is 9.86. The molecule has 1 aliphatic carbocycles. The summed E-state index contributed by atoms with van der Waals surface area (Å²) in [5.74, 6) is -0.0584. The number of hydrogen-bond acceptors (Lipinski definition) is 7. The number of halogens is 2. The van der Waals surface area contributed by atoms with Crippen LogP contribution in [0.2, 0.25) is 0 Å². The van der Waals surface area contributed by atoms with E-state index in [-0.39, 0.29) is 50.1 Å². The molecule has 2 aromatic carbocycles. The Hall–Kier alpha value is -4.48. The minimum absolute atomic E-state index is 0.124. The highest BCUT2D eigenvalue weighted by molar-refractivity contribution is 5.97. The van der Waals surface area contributed by atoms with Gasteiger partial charge in [-0.2, -0.15) is 9.97 Å². The molecule has 0 bridgehead atoms. The second kappa shape index (κ2) is 12.7. The molecule has 0 radical (unpaired) electrons. The number of aromatic nitrogens is 2. The number of carbonyl (C=O) groups excluding carboxylic acids is 1. The van der Waals surface area contributed by atoms with Crippen LogP contribution in [0.1, 0.15) is 36.6 Å². The molecular weight excluding hydrogens is 588 g/mol. The maximum absolute atomic E-state index is 13.5. The van der Waals surface area contributed by atoms with Crippen molar-refractivity contribution >= 4 is 28.2 Å². The third-order valence-corrected chi connectivity index (χ3v) is 9.72. The number of nitrogens with zero attached hydrogens (tertiary/aromatic N) is 7. The van der Waals surface area contributed by atoms with Gasteiger partial charge in [-0.3, -0.25) is 9.69 Å². The summed E-state index contributed by atoms with van der Waals surface area (Å²) in [6, 6.07) is 12.2. The molecule has 9 nitrogen and oxygen atoms in total. The molecule has 3 aliphatic rings. The van der Waals surface area contributed by atoms with E-state index in [0.717, 1.165) is 29.3 Å². The van der Waals surface area contributed by atoms with E-state index >= 15 is 0 Å². The summed E-state index contributed by atoms with van der Waals surface area (Å²) in [6.45, 7) is 14.6. The smallest absolute Gasteiger partial charge is 0.318 e. The molecular formula is C35H39F2N7O2. The van der Waals surface area contributed by atoms with Crippen LogP contribution in [0.3, 0.4) is 0 Å². The number of carbonyl (C=O) groups is 1. The molecule has 6 rings (SSSR count). The molecule has 46 heavy (non-hydrogen) atoms. The highest BCUT2D eigenvalue weighted by Crippen LogP contribution is 2.41. The molecule has 240 valence electrons. The highest BCUT2D eigenvalue weighted by Gasteiger charge is 2.47. The lowest BCUT2D eigenvalue weighted by molar-refractivity contribution is -0.128. The van der Waals surface area contributed by atoms with Gasteiger partial charge >= 0.3 is 6.01 Å². The van der Waals surface area contributed by atoms with Gasteiger partial charge in [0.2, 0.25) is 6.54 Å². The fraction of sp³-hybridized carbons (Fsp3) is 0.486. The average molecular weight is 628 g/mol. The number of ether oxygens (including phenoxy) is 1. The van der Waals surface area contributed by atoms with Crippen LogP contribution >= 0.6 is 0 Å². The predicted molar refractivity (Wildman–Crippen MR) is 174 cm³/mol. The van der Waals surface area contributed by atoms with E-state index in [4.69, 9.17) is 27.7 Å². The molecule has 2 aliphatic heterocycles. The zero-order valence-corrected chi connectivity index (χ0v) is 26.5. The Morgan fingerprint density at radius 1 is 1.20 bits per heavy atom. The summed E-state index contributed by atoms with van der Waals surface area (Å²) in [5.41, 5.74) is 4.25. The number of terminal acetylenes is 1. The summed E-state index contributed by atoms with van der Waals surface area (Å²) in [5, 5.41) is 2.40. The maximum atomic E-state index is 13.5. The molecule has 0 spiro atoms. The quantitative estimate of drug-likeness (QED) is 0.268. The van der Waals surface area contributed by atoms with Gasteiger partial charge in [-0.1, -0.05) is 30.3 Å². The summed E-state index contributed by atoms with van der Waals surface area (Å²) in [6.07, 6.45) is 5.85. The number of fused-ring (bicyclic) bond motifs is 2. The number of alkyl halides is 2. The predicted octanol–water partition coefficient (Wildman–Crippen LogP) is 4.57. The monoisotopic (exact) mass is 627 g/mol. The standard InChI is InChI=1S/C35H39F2N7O2/c1-6-31(45)44-16-15-43(20-27(44)19-38-4)33-28-13-14-42(30-12-8-11-25-10-7-9-23(2)32(25)30)21-29(28)39-34(40-33)46-22-24(3)41(5)26-17-35(36,37)18-26/h1,7-12,24,26-27H,13-22H2,2-3,5H3/t24-,27-/m0/s1. The van der Waals surface area contributed by atoms with E-state index in [1.54, 1.807) is 4.90 Å². The van der Waals surface area contributed by atoms with Crippen molar-refractivity contribution < 1.29 is 18.3 Å². The zero-order valence-electron chi connectivity index (χ0n) is 26.5. The molecule has 3 aromatic rings. The Morgan fingerprint density at radius 3 is 2.67 bits per heavy atom. The van der Waals surface area contributed by atoms with Gasteiger partial charge in [-0.25, -0.2) is 15.4 Å². The van der Waals surface area contributed by atoms with Crippen molar-refractivity contribution in [3.8, 4) is 18.4 Å². The van der Waals surface area contributed by atoms with E-state index in [9.17, 15) is 13.6 Å². The molecule has 3 heterocycles. The average Bonchev–Trinajstić information content (AvgIpc) is 3.04. The molecule has 1 saturated carbocycles. The summed E-state index contributed by atoms with van der Waals surface area (Å²) in [7, 11) is 1.85. The molecule has 1 amide bonds. The third-order valence-electron chi connectivity index (χ3n) is 9.72. The van der Waals surface area contributed by atoms with Crippen LogP contribution in [0.4, 0.5) is 20.3 Å². The van der Waals surface area contributed by atoms with Crippen LogP contribution in [0, 0.1) is 25.8 Å². The molecule has 0 N–H and O–H groups in total. The second-order valence-electron chi connectivity index (χ2n) is 12.7. The van der Waals surface area contributed by atoms with Crippen LogP contribution in [0.25, 0.3) is 15.6 Å². The lowest BCUT2D eigenvalue weighted by Crippen LogP contribution is -2.56. The Labute approximate surface area is 269 Å². The van der Waals surface area contributed by atoms with Gasteiger partial charge < -0.3 is 24.3 Å². The van der Waals surface area contributed by atoms with Gasteiger partial charge in [-0.05, 0) is 50.3 Å². The van der Waals surface area contributed by atoms with Gasteiger partial charge in [0.15, 0.2) is 0 Å². The van der Waals surface area contributed by atoms with Crippen LogP contribution in [-0.2, 0) is 17.8 Å². The zero-order chi connectivity index (χ0) is 32.6. The first-order valence-corrected chi connectivity index (χ1v) is 15.8. The Bertz CT molecular complexity index is 1700. The van der Waals surface area contributed by atoms with Crippen molar-refractivity contribution in [2.75, 3.05) is 56.2 Å². The minimum atomic E-state index is -2.59. The summed E-state index contributed by atoms with van der Waals surface area (Å²) < 4.78 is 33.3. The van der Waals surface area contributed by atoms with E-state index in [1.165, 1.54) is 16.3 Å². The fourth-order valence-electron chi connectivity index (χ4n) is 6.94.